The van der Waals surface area contributed by atoms with Crippen molar-refractivity contribution in [2.75, 3.05) is 11.9 Å². The minimum Gasteiger partial charge on any atom is -0.476 e. The number of hydrogen-bond acceptors (Lipinski definition) is 3. The van der Waals surface area contributed by atoms with Crippen LogP contribution in [0.2, 0.25) is 0 Å². The first-order valence-corrected chi connectivity index (χ1v) is 6.07. The molecule has 0 unspecified atom stereocenters. The predicted octanol–water partition coefficient (Wildman–Crippen LogP) is 3.51. The SMILES string of the molecule is CCOc1ncccc1NCc1cc(F)c(F)cc1F. The quantitative estimate of drug-likeness (QED) is 0.852. The van der Waals surface area contributed by atoms with Gasteiger partial charge in [0.25, 0.3) is 0 Å². The lowest BCUT2D eigenvalue weighted by Gasteiger charge is -2.11. The Morgan fingerprint density at radius 3 is 2.65 bits per heavy atom. The van der Waals surface area contributed by atoms with Gasteiger partial charge in [-0.3, -0.25) is 0 Å². The van der Waals surface area contributed by atoms with Crippen LogP contribution in [0.15, 0.2) is 30.5 Å². The summed E-state index contributed by atoms with van der Waals surface area (Å²) in [5.41, 5.74) is 0.577. The van der Waals surface area contributed by atoms with Gasteiger partial charge in [-0.1, -0.05) is 0 Å². The fourth-order valence-electron chi connectivity index (χ4n) is 1.67. The average Bonchev–Trinajstić information content (AvgIpc) is 2.43. The number of nitrogens with one attached hydrogen (secondary N) is 1. The summed E-state index contributed by atoms with van der Waals surface area (Å²) in [6.07, 6.45) is 1.56. The zero-order valence-corrected chi connectivity index (χ0v) is 10.8. The van der Waals surface area contributed by atoms with Gasteiger partial charge in [0.05, 0.1) is 12.3 Å². The van der Waals surface area contributed by atoms with Crippen LogP contribution in [0.25, 0.3) is 0 Å². The van der Waals surface area contributed by atoms with Crippen LogP contribution in [0.1, 0.15) is 12.5 Å². The van der Waals surface area contributed by atoms with E-state index in [1.807, 2.05) is 6.92 Å². The molecular weight excluding hydrogens is 269 g/mol. The van der Waals surface area contributed by atoms with E-state index in [-0.39, 0.29) is 12.1 Å². The molecule has 1 aromatic carbocycles. The molecule has 0 saturated carbocycles. The van der Waals surface area contributed by atoms with E-state index in [0.29, 0.717) is 24.2 Å². The van der Waals surface area contributed by atoms with Crippen molar-refractivity contribution in [1.82, 2.24) is 4.98 Å². The van der Waals surface area contributed by atoms with E-state index < -0.39 is 17.5 Å². The number of pyridine rings is 1. The molecule has 0 aliphatic carbocycles. The number of aromatic nitrogens is 1. The van der Waals surface area contributed by atoms with E-state index in [1.165, 1.54) is 0 Å². The van der Waals surface area contributed by atoms with Crippen molar-refractivity contribution in [3.63, 3.8) is 0 Å². The molecule has 1 aromatic heterocycles. The summed E-state index contributed by atoms with van der Waals surface area (Å²) in [7, 11) is 0. The molecule has 0 atom stereocenters. The van der Waals surface area contributed by atoms with Gasteiger partial charge in [-0.15, -0.1) is 0 Å². The van der Waals surface area contributed by atoms with E-state index >= 15 is 0 Å². The normalized spacial score (nSPS) is 10.4. The number of ether oxygens (including phenoxy) is 1. The summed E-state index contributed by atoms with van der Waals surface area (Å²) in [6.45, 7) is 2.24. The van der Waals surface area contributed by atoms with Crippen molar-refractivity contribution in [1.29, 1.82) is 0 Å². The maximum atomic E-state index is 13.5. The molecule has 3 nitrogen and oxygen atoms in total. The summed E-state index contributed by atoms with van der Waals surface area (Å²) in [5.74, 6) is -2.72. The van der Waals surface area contributed by atoms with Crippen molar-refractivity contribution >= 4 is 5.69 Å². The van der Waals surface area contributed by atoms with Gasteiger partial charge in [0, 0.05) is 24.4 Å². The second-order valence-corrected chi connectivity index (χ2v) is 4.00. The lowest BCUT2D eigenvalue weighted by atomic mass is 10.2. The zero-order valence-electron chi connectivity index (χ0n) is 10.8. The smallest absolute Gasteiger partial charge is 0.237 e. The molecule has 106 valence electrons. The van der Waals surface area contributed by atoms with Crippen LogP contribution in [-0.2, 0) is 6.54 Å². The number of halogens is 3. The maximum Gasteiger partial charge on any atom is 0.237 e. The third kappa shape index (κ3) is 3.20. The Morgan fingerprint density at radius 1 is 1.15 bits per heavy atom. The molecule has 0 amide bonds. The molecule has 0 radical (unpaired) electrons. The third-order valence-corrected chi connectivity index (χ3v) is 2.61. The van der Waals surface area contributed by atoms with Gasteiger partial charge in [-0.05, 0) is 25.1 Å². The monoisotopic (exact) mass is 282 g/mol. The summed E-state index contributed by atoms with van der Waals surface area (Å²) >= 11 is 0. The maximum absolute atomic E-state index is 13.5. The van der Waals surface area contributed by atoms with Crippen LogP contribution in [0, 0.1) is 17.5 Å². The lowest BCUT2D eigenvalue weighted by Crippen LogP contribution is -2.06. The number of hydrogen-bond donors (Lipinski definition) is 1. The van der Waals surface area contributed by atoms with Crippen molar-refractivity contribution in [2.24, 2.45) is 0 Å². The highest BCUT2D eigenvalue weighted by molar-refractivity contribution is 5.52. The molecule has 0 aliphatic rings. The van der Waals surface area contributed by atoms with Crippen molar-refractivity contribution < 1.29 is 17.9 Å². The van der Waals surface area contributed by atoms with Gasteiger partial charge in [-0.25, -0.2) is 18.2 Å². The van der Waals surface area contributed by atoms with E-state index in [4.69, 9.17) is 4.74 Å². The van der Waals surface area contributed by atoms with E-state index in [2.05, 4.69) is 10.3 Å². The molecular formula is C14H13F3N2O. The first kappa shape index (κ1) is 14.2. The van der Waals surface area contributed by atoms with Crippen LogP contribution >= 0.6 is 0 Å². The van der Waals surface area contributed by atoms with Gasteiger partial charge < -0.3 is 10.1 Å². The minimum absolute atomic E-state index is 0.00516. The second kappa shape index (κ2) is 6.27. The Kier molecular flexibility index (Phi) is 4.45. The Hall–Kier alpha value is -2.24. The zero-order chi connectivity index (χ0) is 14.5. The van der Waals surface area contributed by atoms with Crippen LogP contribution in [0.5, 0.6) is 5.88 Å². The molecule has 0 spiro atoms. The highest BCUT2D eigenvalue weighted by Crippen LogP contribution is 2.22. The van der Waals surface area contributed by atoms with Gasteiger partial charge in [0.1, 0.15) is 5.82 Å². The summed E-state index contributed by atoms with van der Waals surface area (Å²) in [6, 6.07) is 4.75. The van der Waals surface area contributed by atoms with Crippen LogP contribution in [-0.4, -0.2) is 11.6 Å². The fraction of sp³-hybridized carbons (Fsp3) is 0.214. The lowest BCUT2D eigenvalue weighted by molar-refractivity contribution is 0.328. The third-order valence-electron chi connectivity index (χ3n) is 2.61. The summed E-state index contributed by atoms with van der Waals surface area (Å²) in [5, 5.41) is 2.89. The van der Waals surface area contributed by atoms with Crippen LogP contribution in [0.4, 0.5) is 18.9 Å². The first-order chi connectivity index (χ1) is 9.61. The summed E-state index contributed by atoms with van der Waals surface area (Å²) in [4.78, 5) is 4.02. The van der Waals surface area contributed by atoms with Crippen molar-refractivity contribution in [3.8, 4) is 5.88 Å². The number of nitrogens with zero attached hydrogens (tertiary/aromatic N) is 1. The molecule has 1 N–H and O–H groups in total. The highest BCUT2D eigenvalue weighted by Gasteiger charge is 2.10. The molecule has 6 heteroatoms. The van der Waals surface area contributed by atoms with Gasteiger partial charge in [0.2, 0.25) is 5.88 Å². The van der Waals surface area contributed by atoms with Crippen LogP contribution < -0.4 is 10.1 Å². The van der Waals surface area contributed by atoms with E-state index in [9.17, 15) is 13.2 Å². The highest BCUT2D eigenvalue weighted by atomic mass is 19.2. The Balaban J connectivity index is 2.15. The molecule has 20 heavy (non-hydrogen) atoms. The Bertz CT molecular complexity index is 605. The second-order valence-electron chi connectivity index (χ2n) is 4.00. The minimum atomic E-state index is -1.21. The molecule has 2 aromatic rings. The number of anilines is 1. The topological polar surface area (TPSA) is 34.1 Å². The first-order valence-electron chi connectivity index (χ1n) is 6.07. The van der Waals surface area contributed by atoms with Gasteiger partial charge >= 0.3 is 0 Å². The molecule has 0 saturated heterocycles. The number of rotatable bonds is 5. The predicted molar refractivity (Wildman–Crippen MR) is 69.0 cm³/mol. The summed E-state index contributed by atoms with van der Waals surface area (Å²) < 4.78 is 44.7. The fourth-order valence-corrected chi connectivity index (χ4v) is 1.67. The van der Waals surface area contributed by atoms with Gasteiger partial charge in [0.15, 0.2) is 11.6 Å². The van der Waals surface area contributed by atoms with E-state index in [0.717, 1.165) is 6.07 Å². The Morgan fingerprint density at radius 2 is 1.90 bits per heavy atom. The van der Waals surface area contributed by atoms with Crippen LogP contribution in [0.3, 0.4) is 0 Å². The molecule has 0 bridgehead atoms. The largest absolute Gasteiger partial charge is 0.476 e. The van der Waals surface area contributed by atoms with Crippen molar-refractivity contribution in [2.45, 2.75) is 13.5 Å². The molecule has 1 heterocycles. The molecule has 2 rings (SSSR count). The number of benzene rings is 1. The van der Waals surface area contributed by atoms with E-state index in [1.54, 1.807) is 18.3 Å². The van der Waals surface area contributed by atoms with Crippen molar-refractivity contribution in [3.05, 3.63) is 53.5 Å². The average molecular weight is 282 g/mol. The molecule has 0 aliphatic heterocycles. The molecule has 0 fully saturated rings. The van der Waals surface area contributed by atoms with Gasteiger partial charge in [-0.2, -0.15) is 0 Å². The Labute approximate surface area is 114 Å². The standard InChI is InChI=1S/C14H13F3N2O/c1-2-20-14-13(4-3-5-18-14)19-8-9-6-11(16)12(17)7-10(9)15/h3-7,19H,2,8H2,1H3.